The molecule has 0 aromatic heterocycles. The van der Waals surface area contributed by atoms with Crippen LogP contribution >= 0.6 is 8.03 Å². The fourth-order valence-electron chi connectivity index (χ4n) is 0.209. The third-order valence-corrected chi connectivity index (χ3v) is 1.30. The van der Waals surface area contributed by atoms with Gasteiger partial charge in [0, 0.05) is 0 Å². The van der Waals surface area contributed by atoms with Crippen molar-refractivity contribution in [1.82, 2.24) is 0 Å². The number of hydrogen-bond donors (Lipinski definition) is 1. The van der Waals surface area contributed by atoms with Gasteiger partial charge in [-0.05, 0) is 0 Å². The molecule has 1 N–H and O–H groups in total. The zero-order valence-electron chi connectivity index (χ0n) is 5.01. The second-order valence-electron chi connectivity index (χ2n) is 1.50. The second-order valence-corrected chi connectivity index (χ2v) is 2.79. The maximum atomic E-state index is 11.2. The summed E-state index contributed by atoms with van der Waals surface area (Å²) in [7, 11) is -3.59. The second kappa shape index (κ2) is 3.73. The van der Waals surface area contributed by atoms with E-state index in [9.17, 15) is 22.5 Å². The first kappa shape index (κ1) is 10.4. The van der Waals surface area contributed by atoms with Gasteiger partial charge in [0.05, 0.1) is 0 Å². The van der Waals surface area contributed by atoms with Crippen molar-refractivity contribution >= 4 is 13.7 Å². The summed E-state index contributed by atoms with van der Waals surface area (Å²) in [6.07, 6.45) is -4.64. The predicted molar refractivity (Wildman–Crippen MR) is 29.0 cm³/mol. The molecule has 0 aliphatic rings. The average molecular weight is 192 g/mol. The lowest BCUT2D eigenvalue weighted by Crippen LogP contribution is -2.14. The molecule has 0 fully saturated rings. The molecule has 66 valence electrons. The van der Waals surface area contributed by atoms with E-state index in [1.54, 1.807) is 0 Å². The molecule has 0 saturated carbocycles. The van der Waals surface area contributed by atoms with Crippen molar-refractivity contribution in [2.75, 3.05) is 6.61 Å². The van der Waals surface area contributed by atoms with Crippen LogP contribution in [0, 0.1) is 0 Å². The summed E-state index contributed by atoms with van der Waals surface area (Å²) in [5, 5.41) is 7.82. The monoisotopic (exact) mass is 192 g/mol. The lowest BCUT2D eigenvalue weighted by atomic mass is 10.7. The van der Waals surface area contributed by atoms with Crippen molar-refractivity contribution in [1.29, 1.82) is 0 Å². The lowest BCUT2D eigenvalue weighted by Gasteiger charge is -2.04. The molecule has 0 spiro atoms. The van der Waals surface area contributed by atoms with Gasteiger partial charge in [-0.25, -0.2) is 4.79 Å². The predicted octanol–water partition coefficient (Wildman–Crippen LogP) is 1.72. The normalized spacial score (nSPS) is 14.5. The summed E-state index contributed by atoms with van der Waals surface area (Å²) >= 11 is 0. The fraction of sp³-hybridized carbons (Fsp3) is 0.667. The highest BCUT2D eigenvalue weighted by molar-refractivity contribution is 7.58. The van der Waals surface area contributed by atoms with Gasteiger partial charge in [-0.15, -0.1) is 0 Å². The fourth-order valence-corrected chi connectivity index (χ4v) is 0.627. The van der Waals surface area contributed by atoms with Crippen LogP contribution in [0.3, 0.4) is 0 Å². The first-order valence-electron chi connectivity index (χ1n) is 2.30. The molecule has 0 aliphatic heterocycles. The Morgan fingerprint density at radius 2 is 2.00 bits per heavy atom. The zero-order chi connectivity index (χ0) is 9.07. The van der Waals surface area contributed by atoms with Crippen LogP contribution in [-0.4, -0.2) is 23.6 Å². The number of alkyl halides is 3. The van der Waals surface area contributed by atoms with E-state index in [0.29, 0.717) is 0 Å². The van der Waals surface area contributed by atoms with Crippen molar-refractivity contribution in [3.63, 3.8) is 0 Å². The molecule has 0 rings (SSSR count). The first-order valence-corrected chi connectivity index (χ1v) is 3.61. The number of carbonyl (C=O) groups is 1. The summed E-state index contributed by atoms with van der Waals surface area (Å²) in [5.74, 6) is 0. The number of carboxylic acid groups (broad SMARTS) is 1. The number of rotatable bonds is 3. The van der Waals surface area contributed by atoms with Crippen molar-refractivity contribution in [2.45, 2.75) is 6.18 Å². The third kappa shape index (κ3) is 5.87. The van der Waals surface area contributed by atoms with Gasteiger partial charge in [0.15, 0.2) is 6.61 Å². The van der Waals surface area contributed by atoms with Crippen molar-refractivity contribution < 1.29 is 32.2 Å². The Hall–Kier alpha value is -0.550. The molecule has 8 heteroatoms. The Morgan fingerprint density at radius 3 is 2.27 bits per heavy atom. The SMILES string of the molecule is O=C(O)[PH](=O)OCC(F)(F)F. The summed E-state index contributed by atoms with van der Waals surface area (Å²) in [6.45, 7) is -1.79. The Morgan fingerprint density at radius 1 is 1.55 bits per heavy atom. The largest absolute Gasteiger partial charge is 0.474 e. The molecule has 0 radical (unpaired) electrons. The van der Waals surface area contributed by atoms with Crippen molar-refractivity contribution in [3.8, 4) is 0 Å². The topological polar surface area (TPSA) is 63.6 Å². The van der Waals surface area contributed by atoms with Gasteiger partial charge in [0.25, 0.3) is 8.03 Å². The molecule has 11 heavy (non-hydrogen) atoms. The summed E-state index contributed by atoms with van der Waals surface area (Å²) in [5.41, 5.74) is -1.86. The molecule has 1 unspecified atom stereocenters. The molecular weight excluding hydrogens is 188 g/mol. The Kier molecular flexibility index (Phi) is 3.54. The number of hydrogen-bond acceptors (Lipinski definition) is 3. The Balaban J connectivity index is 3.73. The van der Waals surface area contributed by atoms with E-state index in [-0.39, 0.29) is 0 Å². The van der Waals surface area contributed by atoms with Crippen molar-refractivity contribution in [2.24, 2.45) is 0 Å². The molecule has 0 heterocycles. The molecule has 0 aromatic rings. The molecule has 0 saturated heterocycles. The van der Waals surface area contributed by atoms with E-state index < -0.39 is 26.5 Å². The van der Waals surface area contributed by atoms with Gasteiger partial charge in [0.1, 0.15) is 0 Å². The smallest absolute Gasteiger partial charge is 0.412 e. The van der Waals surface area contributed by atoms with Crippen LogP contribution in [0.15, 0.2) is 0 Å². The van der Waals surface area contributed by atoms with Gasteiger partial charge in [0.2, 0.25) is 0 Å². The van der Waals surface area contributed by atoms with E-state index in [4.69, 9.17) is 5.11 Å². The zero-order valence-corrected chi connectivity index (χ0v) is 6.01. The molecule has 4 nitrogen and oxygen atoms in total. The number of halogens is 3. The van der Waals surface area contributed by atoms with Crippen LogP contribution < -0.4 is 0 Å². The van der Waals surface area contributed by atoms with Crippen molar-refractivity contribution in [3.05, 3.63) is 0 Å². The first-order chi connectivity index (χ1) is 4.83. The van der Waals surface area contributed by atoms with Gasteiger partial charge in [-0.2, -0.15) is 13.2 Å². The van der Waals surface area contributed by atoms with Crippen LogP contribution in [0.25, 0.3) is 0 Å². The van der Waals surface area contributed by atoms with Gasteiger partial charge in [-0.3, -0.25) is 4.57 Å². The van der Waals surface area contributed by atoms with Crippen LogP contribution in [0.5, 0.6) is 0 Å². The lowest BCUT2D eigenvalue weighted by molar-refractivity contribution is -0.152. The highest BCUT2D eigenvalue weighted by Gasteiger charge is 2.29. The average Bonchev–Trinajstić information content (AvgIpc) is 1.80. The highest BCUT2D eigenvalue weighted by Crippen LogP contribution is 2.27. The van der Waals surface area contributed by atoms with Gasteiger partial charge >= 0.3 is 11.9 Å². The third-order valence-electron chi connectivity index (χ3n) is 0.542. The Labute approximate surface area is 59.8 Å². The standard InChI is InChI=1S/C3H4F3O4P/c4-3(5,6)1-10-11(9)2(7)8/h11H,1H2,(H,7,8). The van der Waals surface area contributed by atoms with Gasteiger partial charge in [-0.1, -0.05) is 0 Å². The maximum Gasteiger partial charge on any atom is 0.412 e. The van der Waals surface area contributed by atoms with Crippen LogP contribution in [0.2, 0.25) is 0 Å². The van der Waals surface area contributed by atoms with E-state index in [1.165, 1.54) is 0 Å². The van der Waals surface area contributed by atoms with E-state index >= 15 is 0 Å². The summed E-state index contributed by atoms with van der Waals surface area (Å²) in [6, 6.07) is 0. The minimum absolute atomic E-state index is 1.79. The van der Waals surface area contributed by atoms with Crippen LogP contribution in [-0.2, 0) is 9.09 Å². The molecule has 1 atom stereocenters. The maximum absolute atomic E-state index is 11.2. The molecule has 0 bridgehead atoms. The molecule has 0 aliphatic carbocycles. The summed E-state index contributed by atoms with van der Waals surface area (Å²) < 4.78 is 47.3. The minimum Gasteiger partial charge on any atom is -0.474 e. The highest BCUT2D eigenvalue weighted by atomic mass is 31.1. The quantitative estimate of drug-likeness (QED) is 0.691. The van der Waals surface area contributed by atoms with E-state index in [2.05, 4.69) is 4.52 Å². The summed E-state index contributed by atoms with van der Waals surface area (Å²) in [4.78, 5) is 9.66. The molecular formula is C3H4F3O4P. The molecule has 0 aromatic carbocycles. The van der Waals surface area contributed by atoms with Crippen LogP contribution in [0.1, 0.15) is 0 Å². The van der Waals surface area contributed by atoms with E-state index in [0.717, 1.165) is 0 Å². The van der Waals surface area contributed by atoms with Gasteiger partial charge < -0.3 is 9.63 Å². The Bertz CT molecular complexity index is 176. The van der Waals surface area contributed by atoms with Crippen LogP contribution in [0.4, 0.5) is 18.0 Å². The molecule has 0 amide bonds. The van der Waals surface area contributed by atoms with E-state index in [1.807, 2.05) is 0 Å². The minimum atomic E-state index is -4.64.